The Morgan fingerprint density at radius 1 is 0.122 bits per heavy atom. The van der Waals surface area contributed by atoms with Gasteiger partial charge in [-0.2, -0.15) is 0 Å². The van der Waals surface area contributed by atoms with Crippen LogP contribution in [0.5, 0.6) is 0 Å². The molecule has 17 aromatic carbocycles. The monoisotopic (exact) mass is 1250 g/mol. The second kappa shape index (κ2) is 27.5. The Bertz CT molecular complexity index is 5170. The SMILES string of the molecule is c1ccc(N(c2ccc(-c3ccc(-c4ccc(N(c5ccccc5)c5cccc6ccccc56)cc4)cc3)cc2)c2cccc3ccccc23)cc1.c1ccc(N(c2ccc(-c3ccc(N(c4ccccc4)c4ccc5ccccc5c4)cc3)cc2)c2ccc3ccccc3c2)cc1. The van der Waals surface area contributed by atoms with Crippen molar-refractivity contribution >= 4 is 111 Å². The van der Waals surface area contributed by atoms with E-state index in [0.717, 1.165) is 68.2 Å². The molecule has 4 nitrogen and oxygen atoms in total. The Kier molecular flexibility index (Phi) is 16.8. The minimum absolute atomic E-state index is 1.12. The molecule has 0 amide bonds. The van der Waals surface area contributed by atoms with E-state index in [1.165, 1.54) is 76.5 Å². The summed E-state index contributed by atoms with van der Waals surface area (Å²) >= 11 is 0. The first-order valence-electron chi connectivity index (χ1n) is 33.5. The van der Waals surface area contributed by atoms with E-state index in [2.05, 4.69) is 432 Å². The van der Waals surface area contributed by atoms with E-state index in [1.54, 1.807) is 0 Å². The third kappa shape index (κ3) is 12.5. The molecule has 0 radical (unpaired) electrons. The highest BCUT2D eigenvalue weighted by molar-refractivity contribution is 6.01. The van der Waals surface area contributed by atoms with Crippen molar-refractivity contribution in [2.75, 3.05) is 19.6 Å². The molecule has 0 aromatic heterocycles. The van der Waals surface area contributed by atoms with Crippen LogP contribution in [0.4, 0.5) is 68.2 Å². The quantitative estimate of drug-likeness (QED) is 0.101. The smallest absolute Gasteiger partial charge is 0.0540 e. The van der Waals surface area contributed by atoms with Gasteiger partial charge in [0.1, 0.15) is 0 Å². The molecule has 17 aromatic rings. The second-order valence-electron chi connectivity index (χ2n) is 24.5. The van der Waals surface area contributed by atoms with Crippen LogP contribution < -0.4 is 19.6 Å². The molecule has 0 aliphatic rings. The number of fused-ring (bicyclic) bond motifs is 4. The first kappa shape index (κ1) is 60.0. The Morgan fingerprint density at radius 2 is 0.337 bits per heavy atom. The number of nitrogens with zero attached hydrogens (tertiary/aromatic N) is 4. The summed E-state index contributed by atoms with van der Waals surface area (Å²) in [6.45, 7) is 0. The lowest BCUT2D eigenvalue weighted by Crippen LogP contribution is -2.10. The van der Waals surface area contributed by atoms with E-state index in [9.17, 15) is 0 Å². The van der Waals surface area contributed by atoms with Gasteiger partial charge in [-0.05, 0) is 199 Å². The summed E-state index contributed by atoms with van der Waals surface area (Å²) in [5.41, 5.74) is 20.7. The molecule has 0 spiro atoms. The maximum Gasteiger partial charge on any atom is 0.0540 e. The van der Waals surface area contributed by atoms with E-state index in [-0.39, 0.29) is 0 Å². The maximum absolute atomic E-state index is 2.35. The van der Waals surface area contributed by atoms with Crippen molar-refractivity contribution in [2.24, 2.45) is 0 Å². The number of rotatable bonds is 15. The van der Waals surface area contributed by atoms with Crippen LogP contribution in [0.25, 0.3) is 76.5 Å². The standard InChI is InChI=1S/C50H36N2.C44H32N2/c1-3-17-43(18-4-1)51(49-23-11-15-41-13-7-9-21-47(41)49)45-33-29-39(30-34-45)37-25-27-38(28-26-37)40-31-35-46(36-32-40)52(44-19-5-2-6-20-44)50-24-12-16-42-14-8-10-22-48(42)50;1-3-15-39(16-4-1)45(43-29-23-33-11-7-9-13-37(33)31-43)41-25-19-35(20-26-41)36-21-27-42(28-22-36)46(40-17-5-2-6-18-40)44-30-24-34-12-8-10-14-38(34)32-44/h1-36H;1-32H. The van der Waals surface area contributed by atoms with E-state index < -0.39 is 0 Å². The average molecular weight is 1250 g/mol. The summed E-state index contributed by atoms with van der Waals surface area (Å²) in [5, 5.41) is 9.84. The van der Waals surface area contributed by atoms with Crippen LogP contribution in [0.1, 0.15) is 0 Å². The van der Waals surface area contributed by atoms with Crippen LogP contribution in [0.15, 0.2) is 413 Å². The summed E-state index contributed by atoms with van der Waals surface area (Å²) < 4.78 is 0. The number of benzene rings is 17. The number of hydrogen-bond donors (Lipinski definition) is 0. The zero-order valence-corrected chi connectivity index (χ0v) is 54.0. The van der Waals surface area contributed by atoms with Crippen molar-refractivity contribution in [2.45, 2.75) is 0 Å². The summed E-state index contributed by atoms with van der Waals surface area (Å²) in [4.78, 5) is 9.33. The van der Waals surface area contributed by atoms with Gasteiger partial charge >= 0.3 is 0 Å². The van der Waals surface area contributed by atoms with Gasteiger partial charge < -0.3 is 19.6 Å². The van der Waals surface area contributed by atoms with Crippen LogP contribution in [0.2, 0.25) is 0 Å². The van der Waals surface area contributed by atoms with Gasteiger partial charge in [-0.3, -0.25) is 0 Å². The van der Waals surface area contributed by atoms with Crippen molar-refractivity contribution in [3.8, 4) is 33.4 Å². The molecular weight excluding hydrogens is 1190 g/mol. The fourth-order valence-electron chi connectivity index (χ4n) is 13.6. The predicted molar refractivity (Wildman–Crippen MR) is 418 cm³/mol. The molecule has 4 heteroatoms. The van der Waals surface area contributed by atoms with Crippen LogP contribution in [0, 0.1) is 0 Å². The molecule has 464 valence electrons. The molecule has 0 heterocycles. The molecule has 0 fully saturated rings. The van der Waals surface area contributed by atoms with Gasteiger partial charge in [0, 0.05) is 67.6 Å². The molecule has 0 N–H and O–H groups in total. The molecule has 0 aliphatic carbocycles. The Balaban J connectivity index is 0.000000154. The van der Waals surface area contributed by atoms with Gasteiger partial charge in [0.2, 0.25) is 0 Å². The minimum Gasteiger partial charge on any atom is -0.310 e. The van der Waals surface area contributed by atoms with Gasteiger partial charge in [-0.1, -0.05) is 279 Å². The summed E-state index contributed by atoms with van der Waals surface area (Å²) in [5.74, 6) is 0. The molecular formula is C94H68N4. The number of hydrogen-bond acceptors (Lipinski definition) is 4. The fraction of sp³-hybridized carbons (Fsp3) is 0. The van der Waals surface area contributed by atoms with Crippen molar-refractivity contribution in [1.82, 2.24) is 0 Å². The zero-order chi connectivity index (χ0) is 65.4. The van der Waals surface area contributed by atoms with E-state index in [1.807, 2.05) is 0 Å². The highest BCUT2D eigenvalue weighted by Crippen LogP contribution is 2.44. The normalized spacial score (nSPS) is 11.1. The molecule has 0 aliphatic heterocycles. The fourth-order valence-corrected chi connectivity index (χ4v) is 13.6. The van der Waals surface area contributed by atoms with Gasteiger partial charge in [-0.25, -0.2) is 0 Å². The lowest BCUT2D eigenvalue weighted by Gasteiger charge is -2.27. The maximum atomic E-state index is 2.35. The zero-order valence-electron chi connectivity index (χ0n) is 54.0. The summed E-state index contributed by atoms with van der Waals surface area (Å²) in [6, 6.07) is 147. The summed E-state index contributed by atoms with van der Waals surface area (Å²) in [7, 11) is 0. The predicted octanol–water partition coefficient (Wildman–Crippen LogP) is 26.9. The van der Waals surface area contributed by atoms with E-state index in [4.69, 9.17) is 0 Å². The molecule has 0 saturated heterocycles. The minimum atomic E-state index is 1.12. The Morgan fingerprint density at radius 3 is 0.653 bits per heavy atom. The molecule has 0 unspecified atom stereocenters. The van der Waals surface area contributed by atoms with Gasteiger partial charge in [0.05, 0.1) is 11.4 Å². The molecule has 98 heavy (non-hydrogen) atoms. The van der Waals surface area contributed by atoms with Gasteiger partial charge in [0.25, 0.3) is 0 Å². The van der Waals surface area contributed by atoms with Crippen LogP contribution in [-0.4, -0.2) is 0 Å². The Labute approximate surface area is 573 Å². The first-order valence-corrected chi connectivity index (χ1v) is 33.5. The van der Waals surface area contributed by atoms with E-state index >= 15 is 0 Å². The van der Waals surface area contributed by atoms with Crippen LogP contribution in [0.3, 0.4) is 0 Å². The van der Waals surface area contributed by atoms with Crippen LogP contribution >= 0.6 is 0 Å². The summed E-state index contributed by atoms with van der Waals surface area (Å²) in [6.07, 6.45) is 0. The van der Waals surface area contributed by atoms with Gasteiger partial charge in [-0.15, -0.1) is 0 Å². The number of anilines is 12. The number of para-hydroxylation sites is 4. The molecule has 17 rings (SSSR count). The van der Waals surface area contributed by atoms with E-state index in [0.29, 0.717) is 0 Å². The highest BCUT2D eigenvalue weighted by Gasteiger charge is 2.20. The molecule has 0 atom stereocenters. The third-order valence-electron chi connectivity index (χ3n) is 18.4. The average Bonchev–Trinajstić information content (AvgIpc) is 0.817. The molecule has 0 bridgehead atoms. The lowest BCUT2D eigenvalue weighted by atomic mass is 9.99. The van der Waals surface area contributed by atoms with Crippen molar-refractivity contribution in [3.05, 3.63) is 413 Å². The lowest BCUT2D eigenvalue weighted by molar-refractivity contribution is 1.28. The van der Waals surface area contributed by atoms with Crippen molar-refractivity contribution < 1.29 is 0 Å². The van der Waals surface area contributed by atoms with Crippen molar-refractivity contribution in [3.63, 3.8) is 0 Å². The molecule has 0 saturated carbocycles. The second-order valence-corrected chi connectivity index (χ2v) is 24.5. The highest BCUT2D eigenvalue weighted by atomic mass is 15.2. The third-order valence-corrected chi connectivity index (χ3v) is 18.4. The van der Waals surface area contributed by atoms with Crippen LogP contribution in [-0.2, 0) is 0 Å². The largest absolute Gasteiger partial charge is 0.310 e. The first-order chi connectivity index (χ1) is 48.6. The topological polar surface area (TPSA) is 13.0 Å². The Hall–Kier alpha value is -13.0. The van der Waals surface area contributed by atoms with Crippen molar-refractivity contribution in [1.29, 1.82) is 0 Å². The van der Waals surface area contributed by atoms with Gasteiger partial charge in [0.15, 0.2) is 0 Å².